The van der Waals surface area contributed by atoms with E-state index in [1.165, 1.54) is 12.8 Å². The molecular formula is C41H69F2N3O6. The van der Waals surface area contributed by atoms with Crippen molar-refractivity contribution in [1.82, 2.24) is 15.1 Å². The van der Waals surface area contributed by atoms with Gasteiger partial charge in [-0.1, -0.05) is 34.6 Å². The van der Waals surface area contributed by atoms with Gasteiger partial charge in [-0.25, -0.2) is 13.6 Å². The third kappa shape index (κ3) is 5.90. The molecule has 0 aromatic heterocycles. The maximum absolute atomic E-state index is 13.1. The average Bonchev–Trinajstić information content (AvgIpc) is 3.69. The lowest BCUT2D eigenvalue weighted by atomic mass is 9.41. The first-order valence-electron chi connectivity index (χ1n) is 20.7. The average molecular weight is 738 g/mol. The second-order valence-corrected chi connectivity index (χ2v) is 19.9. The van der Waals surface area contributed by atoms with Crippen molar-refractivity contribution in [2.75, 3.05) is 52.4 Å². The molecule has 7 rings (SSSR count). The summed E-state index contributed by atoms with van der Waals surface area (Å²) < 4.78 is 44.7. The molecule has 11 heteroatoms. The Balaban J connectivity index is 1.01. The Kier molecular flexibility index (Phi) is 10.2. The third-order valence-corrected chi connectivity index (χ3v) is 17.0. The summed E-state index contributed by atoms with van der Waals surface area (Å²) in [5.41, 5.74) is -1.11. The number of rotatable bonds is 10. The van der Waals surface area contributed by atoms with Crippen molar-refractivity contribution in [3.05, 3.63) is 0 Å². The molecule has 0 aromatic carbocycles. The Morgan fingerprint density at radius 1 is 1.00 bits per heavy atom. The summed E-state index contributed by atoms with van der Waals surface area (Å²) in [5.74, 6) is 1.47. The molecule has 2 heterocycles. The van der Waals surface area contributed by atoms with Crippen LogP contribution in [0.25, 0.3) is 0 Å². The van der Waals surface area contributed by atoms with Crippen LogP contribution >= 0.6 is 0 Å². The van der Waals surface area contributed by atoms with Gasteiger partial charge in [0.05, 0.1) is 30.5 Å². The molecule has 3 unspecified atom stereocenters. The largest absolute Gasteiger partial charge is 0.446 e. The molecule has 0 aromatic rings. The Bertz CT molecular complexity index is 1320. The minimum absolute atomic E-state index is 0.0445. The van der Waals surface area contributed by atoms with Gasteiger partial charge in [0, 0.05) is 56.7 Å². The number of hydrogen-bond donors (Lipinski definition) is 3. The van der Waals surface area contributed by atoms with E-state index < -0.39 is 24.2 Å². The van der Waals surface area contributed by atoms with Crippen molar-refractivity contribution in [2.45, 2.75) is 149 Å². The Morgan fingerprint density at radius 3 is 2.31 bits per heavy atom. The number of alkyl carbamates (subject to hydrolysis) is 1. The zero-order valence-electron chi connectivity index (χ0n) is 33.3. The van der Waals surface area contributed by atoms with Gasteiger partial charge in [-0.2, -0.15) is 0 Å². The first-order valence-corrected chi connectivity index (χ1v) is 20.7. The van der Waals surface area contributed by atoms with E-state index in [1.807, 2.05) is 6.92 Å². The van der Waals surface area contributed by atoms with Crippen LogP contribution in [0.5, 0.6) is 0 Å². The number of carbonyl (C=O) groups is 1. The van der Waals surface area contributed by atoms with Gasteiger partial charge in [0.25, 0.3) is 6.43 Å². The number of aliphatic hydroxyl groups is 2. The van der Waals surface area contributed by atoms with E-state index in [1.54, 1.807) is 18.7 Å². The maximum Gasteiger partial charge on any atom is 0.407 e. The van der Waals surface area contributed by atoms with Gasteiger partial charge in [-0.3, -0.25) is 9.80 Å². The number of aliphatic hydroxyl groups excluding tert-OH is 1. The predicted octanol–water partition coefficient (Wildman–Crippen LogP) is 5.95. The lowest BCUT2D eigenvalue weighted by molar-refractivity contribution is -0.215. The molecule has 9 nitrogen and oxygen atoms in total. The summed E-state index contributed by atoms with van der Waals surface area (Å²) in [4.78, 5) is 17.1. The third-order valence-electron chi connectivity index (χ3n) is 17.0. The first-order chi connectivity index (χ1) is 24.4. The number of amides is 1. The SMILES string of the molecule is CCO[C@@H](C1C[C@@H](C)[C@H]2C(O1)[C@H](O)[C@@]1(C)C3CC[C@H]4C(C)(C)[C@@H](OC(=O)NCCN5CCN(CC(F)F)CC5)CC[C@@]45C[C@@]35CC[C@]21C)C(C)(C)O. The highest BCUT2D eigenvalue weighted by atomic mass is 19.3. The lowest BCUT2D eigenvalue weighted by Gasteiger charge is -2.63. The monoisotopic (exact) mass is 738 g/mol. The van der Waals surface area contributed by atoms with Crippen molar-refractivity contribution in [1.29, 1.82) is 0 Å². The molecule has 1 amide bonds. The number of halogens is 2. The van der Waals surface area contributed by atoms with Crippen LogP contribution in [0.2, 0.25) is 0 Å². The number of nitrogens with zero attached hydrogens (tertiary/aromatic N) is 2. The normalized spacial score (nSPS) is 46.3. The second-order valence-electron chi connectivity index (χ2n) is 19.9. The molecule has 298 valence electrons. The van der Waals surface area contributed by atoms with Crippen LogP contribution < -0.4 is 5.32 Å². The van der Waals surface area contributed by atoms with E-state index in [0.29, 0.717) is 50.5 Å². The molecule has 0 bridgehead atoms. The summed E-state index contributed by atoms with van der Waals surface area (Å²) in [6.45, 7) is 21.6. The van der Waals surface area contributed by atoms with Crippen LogP contribution in [0, 0.1) is 50.7 Å². The standard InChI is InChI=1S/C41H69F2N3O6/c1-9-50-34(37(5,6)49)26-22-25(2)31-32(51-26)33(47)39(8)28-11-10-27-36(3,4)29(12-13-40(27)24-41(28,40)15-14-38(31,39)7)52-35(48)44-16-17-45-18-20-46(21-19-45)23-30(42)43/h25-34,47,49H,9-24H2,1-8H3,(H,44,48)/t25-,26?,27+,28?,29+,31+,32?,33+,34+,38-,39-,40-,41+/m1/s1. The predicted molar refractivity (Wildman–Crippen MR) is 195 cm³/mol. The second kappa shape index (κ2) is 13.5. The minimum atomic E-state index is -2.30. The summed E-state index contributed by atoms with van der Waals surface area (Å²) in [6, 6.07) is 0. The Morgan fingerprint density at radius 2 is 1.65 bits per heavy atom. The van der Waals surface area contributed by atoms with Gasteiger partial charge in [0.1, 0.15) is 12.2 Å². The summed E-state index contributed by atoms with van der Waals surface area (Å²) in [6.07, 6.45) is 4.01. The Labute approximate surface area is 311 Å². The van der Waals surface area contributed by atoms with Gasteiger partial charge in [-0.05, 0) is 112 Å². The smallest absolute Gasteiger partial charge is 0.407 e. The molecule has 7 fully saturated rings. The number of carbonyl (C=O) groups excluding carboxylic acids is 1. The molecular weight excluding hydrogens is 668 g/mol. The van der Waals surface area contributed by atoms with Gasteiger partial charge in [0.15, 0.2) is 0 Å². The van der Waals surface area contributed by atoms with Crippen molar-refractivity contribution < 1.29 is 38.0 Å². The summed E-state index contributed by atoms with van der Waals surface area (Å²) in [5, 5.41) is 26.6. The molecule has 2 aliphatic heterocycles. The van der Waals surface area contributed by atoms with E-state index in [-0.39, 0.29) is 63.9 Å². The number of alkyl halides is 2. The topological polar surface area (TPSA) is 104 Å². The van der Waals surface area contributed by atoms with Crippen LogP contribution in [0.3, 0.4) is 0 Å². The summed E-state index contributed by atoms with van der Waals surface area (Å²) in [7, 11) is 0. The minimum Gasteiger partial charge on any atom is -0.446 e. The van der Waals surface area contributed by atoms with Crippen molar-refractivity contribution in [3.8, 4) is 0 Å². The van der Waals surface area contributed by atoms with Crippen LogP contribution in [0.4, 0.5) is 13.6 Å². The molecule has 5 saturated carbocycles. The van der Waals surface area contributed by atoms with Crippen molar-refractivity contribution >= 4 is 6.09 Å². The zero-order valence-corrected chi connectivity index (χ0v) is 33.3. The molecule has 7 aliphatic rings. The number of piperazine rings is 1. The van der Waals surface area contributed by atoms with Crippen molar-refractivity contribution in [3.63, 3.8) is 0 Å². The van der Waals surface area contributed by atoms with Crippen LogP contribution in [-0.4, -0.2) is 121 Å². The number of fused-ring (bicyclic) bond motifs is 4. The fraction of sp³-hybridized carbons (Fsp3) is 0.976. The van der Waals surface area contributed by atoms with Crippen LogP contribution in [0.1, 0.15) is 107 Å². The number of ether oxygens (including phenoxy) is 3. The van der Waals surface area contributed by atoms with Gasteiger partial charge in [-0.15, -0.1) is 0 Å². The highest BCUT2D eigenvalue weighted by Gasteiger charge is 2.84. The highest BCUT2D eigenvalue weighted by Crippen LogP contribution is 2.89. The fourth-order valence-electron chi connectivity index (χ4n) is 14.5. The Hall–Kier alpha value is -1.11. The van der Waals surface area contributed by atoms with Gasteiger partial charge < -0.3 is 29.7 Å². The van der Waals surface area contributed by atoms with E-state index >= 15 is 0 Å². The molecule has 0 radical (unpaired) electrons. The zero-order chi connectivity index (χ0) is 37.6. The quantitative estimate of drug-likeness (QED) is 0.253. The van der Waals surface area contributed by atoms with E-state index in [9.17, 15) is 23.8 Å². The van der Waals surface area contributed by atoms with Gasteiger partial charge in [0.2, 0.25) is 0 Å². The molecule has 13 atom stereocenters. The van der Waals surface area contributed by atoms with Crippen LogP contribution in [0.15, 0.2) is 0 Å². The highest BCUT2D eigenvalue weighted by molar-refractivity contribution is 5.67. The maximum atomic E-state index is 13.1. The molecule has 52 heavy (non-hydrogen) atoms. The first kappa shape index (κ1) is 39.1. The summed E-state index contributed by atoms with van der Waals surface area (Å²) >= 11 is 0. The van der Waals surface area contributed by atoms with E-state index in [4.69, 9.17) is 14.2 Å². The molecule has 2 spiro atoms. The number of nitrogens with one attached hydrogen (secondary N) is 1. The number of hydrogen-bond acceptors (Lipinski definition) is 8. The molecule has 5 aliphatic carbocycles. The van der Waals surface area contributed by atoms with Gasteiger partial charge >= 0.3 is 6.09 Å². The molecule has 2 saturated heterocycles. The van der Waals surface area contributed by atoms with E-state index in [2.05, 4.69) is 44.8 Å². The van der Waals surface area contributed by atoms with Crippen LogP contribution in [-0.2, 0) is 14.2 Å². The van der Waals surface area contributed by atoms with Crippen molar-refractivity contribution in [2.24, 2.45) is 50.7 Å². The lowest BCUT2D eigenvalue weighted by Crippen LogP contribution is -2.60. The van der Waals surface area contributed by atoms with E-state index in [0.717, 1.165) is 51.6 Å². The molecule has 3 N–H and O–H groups in total. The fourth-order valence-corrected chi connectivity index (χ4v) is 14.5.